The molecular weight excluding hydrogens is 443 g/mol. The molecule has 0 saturated carbocycles. The molecule has 0 spiro atoms. The molecule has 1 unspecified atom stereocenters. The van der Waals surface area contributed by atoms with Crippen LogP contribution in [-0.2, 0) is 4.74 Å². The lowest BCUT2D eigenvalue weighted by atomic mass is 9.94. The number of carbonyl (C=O) groups excluding carboxylic acids is 1. The van der Waals surface area contributed by atoms with Crippen molar-refractivity contribution >= 4 is 45.4 Å². The molecule has 1 N–H and O–H groups in total. The maximum absolute atomic E-state index is 12.7. The molecule has 5 nitrogen and oxygen atoms in total. The topological polar surface area (TPSA) is 54.7 Å². The average molecular weight is 465 g/mol. The van der Waals surface area contributed by atoms with Gasteiger partial charge in [-0.05, 0) is 49.2 Å². The number of ether oxygens (including phenoxy) is 1. The van der Waals surface area contributed by atoms with Crippen LogP contribution in [-0.4, -0.2) is 37.1 Å². The number of thiophene rings is 1. The van der Waals surface area contributed by atoms with Crippen molar-refractivity contribution in [2.24, 2.45) is 0 Å². The van der Waals surface area contributed by atoms with Crippen LogP contribution < -0.4 is 5.32 Å². The molecule has 1 atom stereocenters. The van der Waals surface area contributed by atoms with Gasteiger partial charge < -0.3 is 14.5 Å². The van der Waals surface area contributed by atoms with E-state index in [-0.39, 0.29) is 17.7 Å². The van der Waals surface area contributed by atoms with Gasteiger partial charge in [0, 0.05) is 23.5 Å². The number of halogens is 2. The molecule has 0 aliphatic carbocycles. The molecule has 3 heterocycles. The van der Waals surface area contributed by atoms with Gasteiger partial charge in [-0.15, -0.1) is 11.3 Å². The van der Waals surface area contributed by atoms with Gasteiger partial charge >= 0.3 is 0 Å². The number of benzene rings is 1. The molecule has 1 aliphatic rings. The number of amides is 1. The van der Waals surface area contributed by atoms with Crippen LogP contribution in [0.4, 0.5) is 5.00 Å². The molecule has 1 saturated heterocycles. The third-order valence-corrected chi connectivity index (χ3v) is 7.23. The van der Waals surface area contributed by atoms with Crippen molar-refractivity contribution in [1.29, 1.82) is 0 Å². The van der Waals surface area contributed by atoms with Crippen LogP contribution >= 0.6 is 34.5 Å². The number of carbonyl (C=O) groups is 1. The number of morpholine rings is 1. The summed E-state index contributed by atoms with van der Waals surface area (Å²) in [6, 6.07) is 9.00. The second kappa shape index (κ2) is 9.12. The van der Waals surface area contributed by atoms with Gasteiger partial charge in [0.2, 0.25) is 0 Å². The predicted octanol–water partition coefficient (Wildman–Crippen LogP) is 5.94. The van der Waals surface area contributed by atoms with E-state index in [4.69, 9.17) is 32.4 Å². The van der Waals surface area contributed by atoms with Crippen LogP contribution in [0, 0.1) is 13.8 Å². The Balaban J connectivity index is 1.79. The standard InChI is InChI=1S/C22H22Cl2N2O3S/c1-13-14(2)30-22(25-21(27)18-4-3-9-29-18)19(13)20(26-7-10-28-11-8-26)15-5-6-16(23)17(24)12-15/h3-6,9,12,20H,7-8,10-11H2,1-2H3,(H,25,27). The Kier molecular flexibility index (Phi) is 6.51. The molecule has 1 aromatic carbocycles. The van der Waals surface area contributed by atoms with Crippen molar-refractivity contribution in [3.63, 3.8) is 0 Å². The quantitative estimate of drug-likeness (QED) is 0.507. The van der Waals surface area contributed by atoms with E-state index in [0.29, 0.717) is 23.3 Å². The second-order valence-corrected chi connectivity index (χ2v) is 9.22. The number of aryl methyl sites for hydroxylation is 1. The first-order chi connectivity index (χ1) is 14.5. The van der Waals surface area contributed by atoms with Crippen LogP contribution in [0.5, 0.6) is 0 Å². The van der Waals surface area contributed by atoms with Crippen LogP contribution in [0.3, 0.4) is 0 Å². The summed E-state index contributed by atoms with van der Waals surface area (Å²) in [5.41, 5.74) is 3.25. The molecule has 158 valence electrons. The minimum Gasteiger partial charge on any atom is -0.459 e. The maximum Gasteiger partial charge on any atom is 0.291 e. The molecule has 8 heteroatoms. The van der Waals surface area contributed by atoms with Crippen molar-refractivity contribution in [2.75, 3.05) is 31.6 Å². The normalized spacial score (nSPS) is 15.9. The molecule has 3 aromatic rings. The van der Waals surface area contributed by atoms with Crippen LogP contribution in [0.15, 0.2) is 41.0 Å². The van der Waals surface area contributed by atoms with E-state index in [0.717, 1.165) is 39.7 Å². The van der Waals surface area contributed by atoms with Crippen LogP contribution in [0.1, 0.15) is 38.2 Å². The summed E-state index contributed by atoms with van der Waals surface area (Å²) in [4.78, 5) is 16.2. The summed E-state index contributed by atoms with van der Waals surface area (Å²) in [5, 5.41) is 4.90. The Labute approximate surface area is 189 Å². The molecule has 4 rings (SSSR count). The number of hydrogen-bond acceptors (Lipinski definition) is 5. The van der Waals surface area contributed by atoms with Crippen molar-refractivity contribution < 1.29 is 13.9 Å². The molecule has 30 heavy (non-hydrogen) atoms. The van der Waals surface area contributed by atoms with E-state index in [2.05, 4.69) is 24.1 Å². The first kappa shape index (κ1) is 21.4. The minimum absolute atomic E-state index is 0.0829. The predicted molar refractivity (Wildman–Crippen MR) is 121 cm³/mol. The summed E-state index contributed by atoms with van der Waals surface area (Å²) in [5.74, 6) is 0.0134. The van der Waals surface area contributed by atoms with Crippen molar-refractivity contribution in [3.8, 4) is 0 Å². The van der Waals surface area contributed by atoms with Crippen LogP contribution in [0.25, 0.3) is 0 Å². The summed E-state index contributed by atoms with van der Waals surface area (Å²) < 4.78 is 10.8. The highest BCUT2D eigenvalue weighted by molar-refractivity contribution is 7.16. The van der Waals surface area contributed by atoms with Gasteiger partial charge in [-0.1, -0.05) is 29.3 Å². The third kappa shape index (κ3) is 4.29. The van der Waals surface area contributed by atoms with Gasteiger partial charge in [0.1, 0.15) is 5.00 Å². The van der Waals surface area contributed by atoms with E-state index in [9.17, 15) is 4.79 Å². The molecule has 1 fully saturated rings. The minimum atomic E-state index is -0.266. The van der Waals surface area contributed by atoms with Gasteiger partial charge in [-0.25, -0.2) is 0 Å². The molecule has 0 radical (unpaired) electrons. The van der Waals surface area contributed by atoms with Crippen molar-refractivity contribution in [2.45, 2.75) is 19.9 Å². The first-order valence-corrected chi connectivity index (χ1v) is 11.2. The third-order valence-electron chi connectivity index (χ3n) is 5.35. The summed E-state index contributed by atoms with van der Waals surface area (Å²) in [6.07, 6.45) is 1.49. The highest BCUT2D eigenvalue weighted by Gasteiger charge is 2.31. The van der Waals surface area contributed by atoms with E-state index in [1.165, 1.54) is 6.26 Å². The second-order valence-electron chi connectivity index (χ2n) is 7.18. The lowest BCUT2D eigenvalue weighted by Gasteiger charge is -2.35. The Morgan fingerprint density at radius 2 is 1.93 bits per heavy atom. The molecule has 0 bridgehead atoms. The van der Waals surface area contributed by atoms with Gasteiger partial charge in [-0.3, -0.25) is 9.69 Å². The number of nitrogens with one attached hydrogen (secondary N) is 1. The highest BCUT2D eigenvalue weighted by Crippen LogP contribution is 2.43. The summed E-state index contributed by atoms with van der Waals surface area (Å²) >= 11 is 14.1. The number of furan rings is 1. The van der Waals surface area contributed by atoms with E-state index < -0.39 is 0 Å². The molecule has 1 aliphatic heterocycles. The molecular formula is C22H22Cl2N2O3S. The lowest BCUT2D eigenvalue weighted by molar-refractivity contribution is 0.0240. The SMILES string of the molecule is Cc1sc(NC(=O)c2ccco2)c(C(c2ccc(Cl)c(Cl)c2)N2CCOCC2)c1C. The number of anilines is 1. The van der Waals surface area contributed by atoms with Gasteiger partial charge in [-0.2, -0.15) is 0 Å². The van der Waals surface area contributed by atoms with E-state index in [1.54, 1.807) is 23.5 Å². The Morgan fingerprint density at radius 1 is 1.17 bits per heavy atom. The summed E-state index contributed by atoms with van der Waals surface area (Å²) in [6.45, 7) is 7.05. The zero-order chi connectivity index (χ0) is 21.3. The van der Waals surface area contributed by atoms with Gasteiger partial charge in [0.05, 0.1) is 35.6 Å². The van der Waals surface area contributed by atoms with Gasteiger partial charge in [0.15, 0.2) is 5.76 Å². The monoisotopic (exact) mass is 464 g/mol. The smallest absolute Gasteiger partial charge is 0.291 e. The van der Waals surface area contributed by atoms with Crippen molar-refractivity contribution in [3.05, 3.63) is 74.0 Å². The zero-order valence-electron chi connectivity index (χ0n) is 16.7. The lowest BCUT2D eigenvalue weighted by Crippen LogP contribution is -2.40. The average Bonchev–Trinajstić information content (AvgIpc) is 3.37. The van der Waals surface area contributed by atoms with E-state index in [1.807, 2.05) is 18.2 Å². The number of hydrogen-bond donors (Lipinski definition) is 1. The number of rotatable bonds is 5. The van der Waals surface area contributed by atoms with E-state index >= 15 is 0 Å². The Morgan fingerprint density at radius 3 is 2.60 bits per heavy atom. The Hall–Kier alpha value is -1.83. The fourth-order valence-corrected chi connectivity index (χ4v) is 5.11. The number of nitrogens with zero attached hydrogens (tertiary/aromatic N) is 1. The maximum atomic E-state index is 12.7. The highest BCUT2D eigenvalue weighted by atomic mass is 35.5. The van der Waals surface area contributed by atoms with Crippen LogP contribution in [0.2, 0.25) is 10.0 Å². The fourth-order valence-electron chi connectivity index (χ4n) is 3.72. The molecule has 1 amide bonds. The summed E-state index contributed by atoms with van der Waals surface area (Å²) in [7, 11) is 0. The van der Waals surface area contributed by atoms with Crippen molar-refractivity contribution in [1.82, 2.24) is 4.90 Å². The van der Waals surface area contributed by atoms with Gasteiger partial charge in [0.25, 0.3) is 5.91 Å². The largest absolute Gasteiger partial charge is 0.459 e. The molecule has 2 aromatic heterocycles. The zero-order valence-corrected chi connectivity index (χ0v) is 19.0. The first-order valence-electron chi connectivity index (χ1n) is 9.67. The Bertz CT molecular complexity index is 1040. The fraction of sp³-hybridized carbons (Fsp3) is 0.318.